The molecule has 3 rings (SSSR count). The van der Waals surface area contributed by atoms with Crippen molar-refractivity contribution in [1.82, 2.24) is 10.2 Å². The lowest BCUT2D eigenvalue weighted by molar-refractivity contribution is -0.135. The quantitative estimate of drug-likeness (QED) is 0.925. The summed E-state index contributed by atoms with van der Waals surface area (Å²) in [4.78, 5) is 15.0. The van der Waals surface area contributed by atoms with Gasteiger partial charge in [-0.15, -0.1) is 0 Å². The number of nitrogens with one attached hydrogen (secondary N) is 1. The highest BCUT2D eigenvalue weighted by Crippen LogP contribution is 2.34. The van der Waals surface area contributed by atoms with Crippen LogP contribution in [-0.2, 0) is 11.3 Å². The summed E-state index contributed by atoms with van der Waals surface area (Å²) in [6, 6.07) is 11.1. The molecule has 3 atom stereocenters. The van der Waals surface area contributed by atoms with Crippen LogP contribution in [0.15, 0.2) is 30.3 Å². The fourth-order valence-corrected chi connectivity index (χ4v) is 4.01. The minimum atomic E-state index is 0.0270. The predicted octanol–water partition coefficient (Wildman–Crippen LogP) is 3.34. The zero-order chi connectivity index (χ0) is 15.5. The first-order chi connectivity index (χ1) is 10.6. The van der Waals surface area contributed by atoms with Gasteiger partial charge in [-0.1, -0.05) is 43.2 Å². The van der Waals surface area contributed by atoms with Crippen LogP contribution >= 0.6 is 0 Å². The highest BCUT2D eigenvalue weighted by atomic mass is 16.2. The highest BCUT2D eigenvalue weighted by Gasteiger charge is 2.40. The smallest absolute Gasteiger partial charge is 0.240 e. The van der Waals surface area contributed by atoms with Crippen molar-refractivity contribution in [3.8, 4) is 0 Å². The Kier molecular flexibility index (Phi) is 4.82. The van der Waals surface area contributed by atoms with Gasteiger partial charge in [0.15, 0.2) is 0 Å². The Hall–Kier alpha value is -1.35. The van der Waals surface area contributed by atoms with Gasteiger partial charge in [-0.25, -0.2) is 0 Å². The summed E-state index contributed by atoms with van der Waals surface area (Å²) in [6.07, 6.45) is 6.22. The Morgan fingerprint density at radius 3 is 2.64 bits per heavy atom. The Morgan fingerprint density at radius 1 is 1.23 bits per heavy atom. The molecule has 1 aliphatic heterocycles. The lowest BCUT2D eigenvalue weighted by Crippen LogP contribution is -2.47. The molecule has 1 heterocycles. The number of carbonyl (C=O) groups excluding carboxylic acids is 1. The van der Waals surface area contributed by atoms with Crippen molar-refractivity contribution in [2.45, 2.75) is 70.6 Å². The van der Waals surface area contributed by atoms with Gasteiger partial charge < -0.3 is 10.2 Å². The second kappa shape index (κ2) is 6.82. The maximum atomic E-state index is 13.0. The van der Waals surface area contributed by atoms with E-state index < -0.39 is 0 Å². The molecule has 120 valence electrons. The van der Waals surface area contributed by atoms with E-state index in [1.165, 1.54) is 31.2 Å². The molecule has 3 heteroatoms. The van der Waals surface area contributed by atoms with E-state index in [1.807, 2.05) is 23.1 Å². The van der Waals surface area contributed by atoms with Gasteiger partial charge in [0.2, 0.25) is 5.91 Å². The number of nitrogens with zero attached hydrogens (tertiary/aromatic N) is 1. The number of carbonyl (C=O) groups is 1. The molecule has 0 aromatic heterocycles. The molecule has 0 radical (unpaired) electrons. The van der Waals surface area contributed by atoms with E-state index in [-0.39, 0.29) is 18.0 Å². The Labute approximate surface area is 134 Å². The molecule has 1 saturated carbocycles. The second-order valence-electron chi connectivity index (χ2n) is 7.15. The number of rotatable bonds is 4. The van der Waals surface area contributed by atoms with Crippen LogP contribution in [0.3, 0.4) is 0 Å². The lowest BCUT2D eigenvalue weighted by Gasteiger charge is -2.30. The SMILES string of the molecule is CC(C)N(Cc1ccccc1)C(=O)C1CC2CCCCC2N1. The van der Waals surface area contributed by atoms with E-state index >= 15 is 0 Å². The van der Waals surface area contributed by atoms with Crippen molar-refractivity contribution < 1.29 is 4.79 Å². The van der Waals surface area contributed by atoms with Crippen LogP contribution in [0.1, 0.15) is 51.5 Å². The molecule has 2 aliphatic rings. The molecule has 1 saturated heterocycles. The minimum absolute atomic E-state index is 0.0270. The zero-order valence-corrected chi connectivity index (χ0v) is 13.8. The molecular weight excluding hydrogens is 272 g/mol. The molecule has 1 aromatic carbocycles. The molecule has 3 nitrogen and oxygen atoms in total. The maximum absolute atomic E-state index is 13.0. The van der Waals surface area contributed by atoms with E-state index in [1.54, 1.807) is 0 Å². The monoisotopic (exact) mass is 300 g/mol. The summed E-state index contributed by atoms with van der Waals surface area (Å²) < 4.78 is 0. The normalized spacial score (nSPS) is 27.7. The number of benzene rings is 1. The van der Waals surface area contributed by atoms with E-state index in [9.17, 15) is 4.79 Å². The standard InChI is InChI=1S/C19H28N2O/c1-14(2)21(13-15-8-4-3-5-9-15)19(22)18-12-16-10-6-7-11-17(16)20-18/h3-5,8-9,14,16-18,20H,6-7,10-13H2,1-2H3. The highest BCUT2D eigenvalue weighted by molar-refractivity contribution is 5.82. The molecular formula is C19H28N2O. The Balaban J connectivity index is 1.68. The number of hydrogen-bond acceptors (Lipinski definition) is 2. The van der Waals surface area contributed by atoms with Crippen molar-refractivity contribution in [2.24, 2.45) is 5.92 Å². The fraction of sp³-hybridized carbons (Fsp3) is 0.632. The third-order valence-corrected chi connectivity index (χ3v) is 5.26. The molecule has 1 N–H and O–H groups in total. The van der Waals surface area contributed by atoms with Crippen LogP contribution in [0.4, 0.5) is 0 Å². The fourth-order valence-electron chi connectivity index (χ4n) is 4.01. The van der Waals surface area contributed by atoms with Crippen LogP contribution in [0.2, 0.25) is 0 Å². The number of amides is 1. The summed E-state index contributed by atoms with van der Waals surface area (Å²) in [5.74, 6) is 1.00. The largest absolute Gasteiger partial charge is 0.335 e. The van der Waals surface area contributed by atoms with Crippen molar-refractivity contribution in [3.05, 3.63) is 35.9 Å². The van der Waals surface area contributed by atoms with E-state index in [0.717, 1.165) is 6.42 Å². The van der Waals surface area contributed by atoms with Gasteiger partial charge in [0.1, 0.15) is 0 Å². The summed E-state index contributed by atoms with van der Waals surface area (Å²) in [5, 5.41) is 3.62. The van der Waals surface area contributed by atoms with Gasteiger partial charge in [0, 0.05) is 18.6 Å². The molecule has 0 spiro atoms. The van der Waals surface area contributed by atoms with Gasteiger partial charge in [0.25, 0.3) is 0 Å². The average molecular weight is 300 g/mol. The minimum Gasteiger partial charge on any atom is -0.335 e. The van der Waals surface area contributed by atoms with E-state index in [4.69, 9.17) is 0 Å². The van der Waals surface area contributed by atoms with Crippen LogP contribution in [0.5, 0.6) is 0 Å². The van der Waals surface area contributed by atoms with Gasteiger partial charge >= 0.3 is 0 Å². The Bertz CT molecular complexity index is 485. The summed E-state index contributed by atoms with van der Waals surface area (Å²) in [6.45, 7) is 4.94. The third-order valence-electron chi connectivity index (χ3n) is 5.26. The first-order valence-corrected chi connectivity index (χ1v) is 8.75. The topological polar surface area (TPSA) is 32.3 Å². The van der Waals surface area contributed by atoms with Crippen molar-refractivity contribution in [2.75, 3.05) is 0 Å². The molecule has 1 aromatic rings. The first-order valence-electron chi connectivity index (χ1n) is 8.75. The second-order valence-corrected chi connectivity index (χ2v) is 7.15. The summed E-state index contributed by atoms with van der Waals surface area (Å²) >= 11 is 0. The zero-order valence-electron chi connectivity index (χ0n) is 13.8. The number of hydrogen-bond donors (Lipinski definition) is 1. The first kappa shape index (κ1) is 15.5. The number of fused-ring (bicyclic) bond motifs is 1. The van der Waals surface area contributed by atoms with Crippen LogP contribution in [-0.4, -0.2) is 28.9 Å². The third kappa shape index (κ3) is 3.35. The van der Waals surface area contributed by atoms with Crippen LogP contribution in [0.25, 0.3) is 0 Å². The van der Waals surface area contributed by atoms with E-state index in [0.29, 0.717) is 18.5 Å². The van der Waals surface area contributed by atoms with Gasteiger partial charge in [-0.3, -0.25) is 4.79 Å². The van der Waals surface area contributed by atoms with Gasteiger partial charge in [-0.2, -0.15) is 0 Å². The van der Waals surface area contributed by atoms with Crippen molar-refractivity contribution in [1.29, 1.82) is 0 Å². The molecule has 3 unspecified atom stereocenters. The van der Waals surface area contributed by atoms with Crippen LogP contribution < -0.4 is 5.32 Å². The summed E-state index contributed by atoms with van der Waals surface area (Å²) in [5.41, 5.74) is 1.21. The van der Waals surface area contributed by atoms with Gasteiger partial charge in [-0.05, 0) is 44.6 Å². The molecule has 2 fully saturated rings. The molecule has 0 bridgehead atoms. The lowest BCUT2D eigenvalue weighted by atomic mass is 9.85. The maximum Gasteiger partial charge on any atom is 0.240 e. The molecule has 1 aliphatic carbocycles. The van der Waals surface area contributed by atoms with Crippen molar-refractivity contribution in [3.63, 3.8) is 0 Å². The van der Waals surface area contributed by atoms with Crippen LogP contribution in [0, 0.1) is 5.92 Å². The van der Waals surface area contributed by atoms with Gasteiger partial charge in [0.05, 0.1) is 6.04 Å². The van der Waals surface area contributed by atoms with E-state index in [2.05, 4.69) is 31.3 Å². The molecule has 22 heavy (non-hydrogen) atoms. The predicted molar refractivity (Wildman–Crippen MR) is 89.4 cm³/mol. The molecule has 1 amide bonds. The summed E-state index contributed by atoms with van der Waals surface area (Å²) in [7, 11) is 0. The van der Waals surface area contributed by atoms with Crippen molar-refractivity contribution >= 4 is 5.91 Å². The average Bonchev–Trinajstić information content (AvgIpc) is 2.97. The Morgan fingerprint density at radius 2 is 1.95 bits per heavy atom.